The summed E-state index contributed by atoms with van der Waals surface area (Å²) in [5.41, 5.74) is 2.30. The molecule has 1 heterocycles. The summed E-state index contributed by atoms with van der Waals surface area (Å²) < 4.78 is 1.91. The van der Waals surface area contributed by atoms with Crippen LogP contribution < -0.4 is 0 Å². The number of aryl methyl sites for hydroxylation is 1. The molecule has 0 spiro atoms. The fraction of sp³-hybridized carbons (Fsp3) is 0.308. The lowest BCUT2D eigenvalue weighted by molar-refractivity contribution is 0.686. The van der Waals surface area contributed by atoms with Crippen LogP contribution in [0, 0.1) is 0 Å². The molecule has 17 heavy (non-hydrogen) atoms. The number of aromatic nitrogens is 2. The highest BCUT2D eigenvalue weighted by atomic mass is 35.5. The lowest BCUT2D eigenvalue weighted by atomic mass is 10.2. The van der Waals surface area contributed by atoms with Gasteiger partial charge < -0.3 is 0 Å². The van der Waals surface area contributed by atoms with Gasteiger partial charge in [0.25, 0.3) is 0 Å². The maximum atomic E-state index is 6.11. The number of halogens is 2. The predicted molar refractivity (Wildman–Crippen MR) is 71.8 cm³/mol. The minimum absolute atomic E-state index is 0.690. The Morgan fingerprint density at radius 3 is 2.82 bits per heavy atom. The van der Waals surface area contributed by atoms with Crippen LogP contribution in [-0.4, -0.2) is 15.7 Å². The minimum atomic E-state index is 0.690. The molecule has 0 aliphatic carbocycles. The van der Waals surface area contributed by atoms with E-state index in [1.165, 1.54) is 5.56 Å². The number of hydrogen-bond acceptors (Lipinski definition) is 1. The highest BCUT2D eigenvalue weighted by Crippen LogP contribution is 2.16. The van der Waals surface area contributed by atoms with Gasteiger partial charge >= 0.3 is 0 Å². The van der Waals surface area contributed by atoms with Crippen LogP contribution in [0.3, 0.4) is 0 Å². The van der Waals surface area contributed by atoms with Crippen molar-refractivity contribution in [2.24, 2.45) is 0 Å². The van der Waals surface area contributed by atoms with E-state index in [-0.39, 0.29) is 0 Å². The van der Waals surface area contributed by atoms with Crippen LogP contribution in [0.25, 0.3) is 0 Å². The van der Waals surface area contributed by atoms with Crippen LogP contribution >= 0.6 is 23.2 Å². The summed E-state index contributed by atoms with van der Waals surface area (Å²) in [6.45, 7) is 0.709. The third-order valence-electron chi connectivity index (χ3n) is 2.58. The summed E-state index contributed by atoms with van der Waals surface area (Å²) in [4.78, 5) is 0. The van der Waals surface area contributed by atoms with Crippen molar-refractivity contribution in [1.82, 2.24) is 9.78 Å². The third kappa shape index (κ3) is 3.48. The molecule has 0 N–H and O–H groups in total. The lowest BCUT2D eigenvalue weighted by Gasteiger charge is -2.03. The van der Waals surface area contributed by atoms with E-state index in [1.54, 1.807) is 0 Å². The van der Waals surface area contributed by atoms with Gasteiger partial charge in [0.05, 0.1) is 12.7 Å². The van der Waals surface area contributed by atoms with E-state index in [0.717, 1.165) is 23.4 Å². The zero-order valence-corrected chi connectivity index (χ0v) is 11.0. The fourth-order valence-corrected chi connectivity index (χ4v) is 2.02. The molecule has 0 aliphatic rings. The summed E-state index contributed by atoms with van der Waals surface area (Å²) in [5, 5.41) is 5.10. The van der Waals surface area contributed by atoms with Gasteiger partial charge in [0.15, 0.2) is 0 Å². The minimum Gasteiger partial charge on any atom is -0.268 e. The van der Waals surface area contributed by atoms with Gasteiger partial charge in [-0.05, 0) is 30.0 Å². The third-order valence-corrected chi connectivity index (χ3v) is 3.21. The Bertz CT molecular complexity index is 480. The monoisotopic (exact) mass is 268 g/mol. The maximum Gasteiger partial charge on any atom is 0.0673 e. The van der Waals surface area contributed by atoms with E-state index in [1.807, 2.05) is 35.1 Å². The average molecular weight is 269 g/mol. The molecule has 0 saturated heterocycles. The van der Waals surface area contributed by atoms with Crippen molar-refractivity contribution < 1.29 is 0 Å². The summed E-state index contributed by atoms with van der Waals surface area (Å²) in [5.74, 6) is 0.690. The number of rotatable bonds is 5. The smallest absolute Gasteiger partial charge is 0.0673 e. The highest BCUT2D eigenvalue weighted by Gasteiger charge is 2.02. The van der Waals surface area contributed by atoms with Crippen LogP contribution in [0.2, 0.25) is 5.02 Å². The molecule has 4 heteroatoms. The van der Waals surface area contributed by atoms with Crippen molar-refractivity contribution in [2.75, 3.05) is 5.88 Å². The second-order valence-corrected chi connectivity index (χ2v) is 4.72. The van der Waals surface area contributed by atoms with E-state index in [2.05, 4.69) is 11.3 Å². The molecule has 2 rings (SSSR count). The zero-order chi connectivity index (χ0) is 12.1. The first-order chi connectivity index (χ1) is 8.29. The van der Waals surface area contributed by atoms with Crippen molar-refractivity contribution in [3.05, 3.63) is 52.8 Å². The molecule has 0 fully saturated rings. The molecule has 90 valence electrons. The van der Waals surface area contributed by atoms with Crippen molar-refractivity contribution in [3.8, 4) is 0 Å². The van der Waals surface area contributed by atoms with Crippen molar-refractivity contribution in [3.63, 3.8) is 0 Å². The van der Waals surface area contributed by atoms with E-state index in [4.69, 9.17) is 23.2 Å². The van der Waals surface area contributed by atoms with Crippen LogP contribution in [0.1, 0.15) is 17.5 Å². The molecule has 1 aromatic heterocycles. The quantitative estimate of drug-likeness (QED) is 0.756. The van der Waals surface area contributed by atoms with Gasteiger partial charge in [0.2, 0.25) is 0 Å². The normalized spacial score (nSPS) is 10.7. The molecule has 0 radical (unpaired) electrons. The average Bonchev–Trinajstić information content (AvgIpc) is 2.77. The second-order valence-electron chi connectivity index (χ2n) is 3.93. The topological polar surface area (TPSA) is 17.8 Å². The SMILES string of the molecule is ClCCCc1cnn(Cc2ccccc2Cl)c1. The van der Waals surface area contributed by atoms with Gasteiger partial charge in [-0.2, -0.15) is 5.10 Å². The Morgan fingerprint density at radius 2 is 2.06 bits per heavy atom. The summed E-state index contributed by atoms with van der Waals surface area (Å²) in [6, 6.07) is 7.83. The Morgan fingerprint density at radius 1 is 1.24 bits per heavy atom. The molecule has 0 atom stereocenters. The molecular weight excluding hydrogens is 255 g/mol. The van der Waals surface area contributed by atoms with E-state index in [9.17, 15) is 0 Å². The van der Waals surface area contributed by atoms with Crippen LogP contribution in [0.15, 0.2) is 36.7 Å². The van der Waals surface area contributed by atoms with Crippen molar-refractivity contribution in [2.45, 2.75) is 19.4 Å². The van der Waals surface area contributed by atoms with Crippen LogP contribution in [0.5, 0.6) is 0 Å². The number of benzene rings is 1. The fourth-order valence-electron chi connectivity index (χ4n) is 1.69. The van der Waals surface area contributed by atoms with Crippen molar-refractivity contribution >= 4 is 23.2 Å². The predicted octanol–water partition coefficient (Wildman–Crippen LogP) is 3.76. The lowest BCUT2D eigenvalue weighted by Crippen LogP contribution is -2.00. The van der Waals surface area contributed by atoms with Gasteiger partial charge in [-0.3, -0.25) is 4.68 Å². The summed E-state index contributed by atoms with van der Waals surface area (Å²) in [7, 11) is 0. The Hall–Kier alpha value is -0.990. The highest BCUT2D eigenvalue weighted by molar-refractivity contribution is 6.31. The summed E-state index contributed by atoms with van der Waals surface area (Å²) >= 11 is 11.8. The largest absolute Gasteiger partial charge is 0.268 e. The van der Waals surface area contributed by atoms with Gasteiger partial charge in [-0.1, -0.05) is 29.8 Å². The van der Waals surface area contributed by atoms with Crippen LogP contribution in [0.4, 0.5) is 0 Å². The van der Waals surface area contributed by atoms with Gasteiger partial charge in [0, 0.05) is 17.1 Å². The molecule has 1 aromatic carbocycles. The molecule has 0 saturated carbocycles. The molecule has 0 amide bonds. The van der Waals surface area contributed by atoms with Gasteiger partial charge in [0.1, 0.15) is 0 Å². The van der Waals surface area contributed by atoms with Crippen LogP contribution in [-0.2, 0) is 13.0 Å². The molecular formula is C13H14Cl2N2. The molecule has 0 aliphatic heterocycles. The Balaban J connectivity index is 2.04. The molecule has 0 unspecified atom stereocenters. The zero-order valence-electron chi connectivity index (χ0n) is 9.44. The maximum absolute atomic E-state index is 6.11. The van der Waals surface area contributed by atoms with Crippen molar-refractivity contribution in [1.29, 1.82) is 0 Å². The van der Waals surface area contributed by atoms with E-state index in [0.29, 0.717) is 12.4 Å². The molecule has 2 aromatic rings. The Labute approximate surface area is 111 Å². The molecule has 0 bridgehead atoms. The summed E-state index contributed by atoms with van der Waals surface area (Å²) in [6.07, 6.45) is 5.91. The van der Waals surface area contributed by atoms with E-state index >= 15 is 0 Å². The first-order valence-corrected chi connectivity index (χ1v) is 6.51. The second kappa shape index (κ2) is 6.08. The number of alkyl halides is 1. The Kier molecular flexibility index (Phi) is 4.46. The first kappa shape index (κ1) is 12.5. The van der Waals surface area contributed by atoms with Gasteiger partial charge in [-0.15, -0.1) is 11.6 Å². The number of hydrogen-bond donors (Lipinski definition) is 0. The number of nitrogens with zero attached hydrogens (tertiary/aromatic N) is 2. The van der Waals surface area contributed by atoms with Gasteiger partial charge in [-0.25, -0.2) is 0 Å². The van der Waals surface area contributed by atoms with E-state index < -0.39 is 0 Å². The standard InChI is InChI=1S/C13H14Cl2N2/c14-7-3-4-11-8-16-17(9-11)10-12-5-1-2-6-13(12)15/h1-2,5-6,8-9H,3-4,7,10H2. The molecule has 2 nitrogen and oxygen atoms in total. The first-order valence-electron chi connectivity index (χ1n) is 5.60.